The van der Waals surface area contributed by atoms with E-state index in [-0.39, 0.29) is 22.8 Å². The summed E-state index contributed by atoms with van der Waals surface area (Å²) in [5.41, 5.74) is 1.49. The van der Waals surface area contributed by atoms with Gasteiger partial charge < -0.3 is 4.90 Å². The van der Waals surface area contributed by atoms with Crippen LogP contribution in [-0.2, 0) is 0 Å². The monoisotopic (exact) mass is 342 g/mol. The molecule has 0 spiro atoms. The Kier molecular flexibility index (Phi) is 4.57. The van der Waals surface area contributed by atoms with E-state index in [9.17, 15) is 14.9 Å². The first-order chi connectivity index (χ1) is 11.5. The summed E-state index contributed by atoms with van der Waals surface area (Å²) in [7, 11) is 0. The number of nitrogens with zero attached hydrogens (tertiary/aromatic N) is 2. The largest absolute Gasteiger partial charge is 0.358 e. The minimum atomic E-state index is -0.472. The van der Waals surface area contributed by atoms with Gasteiger partial charge in [0.15, 0.2) is 5.78 Å². The van der Waals surface area contributed by atoms with Crippen LogP contribution in [0.1, 0.15) is 24.2 Å². The number of para-hydroxylation sites is 1. The summed E-state index contributed by atoms with van der Waals surface area (Å²) >= 11 is 1.68. The van der Waals surface area contributed by atoms with E-state index >= 15 is 0 Å². The number of Topliss-reactive ketones (excluding diaryl/α,β-unsaturated/α-hetero) is 1. The van der Waals surface area contributed by atoms with E-state index in [1.54, 1.807) is 23.9 Å². The van der Waals surface area contributed by atoms with Gasteiger partial charge in [-0.2, -0.15) is 0 Å². The quantitative estimate of drug-likeness (QED) is 0.458. The molecule has 1 aliphatic rings. The molecule has 0 saturated carbocycles. The first-order valence-electron chi connectivity index (χ1n) is 7.84. The topological polar surface area (TPSA) is 63.5 Å². The van der Waals surface area contributed by atoms with Gasteiger partial charge >= 0.3 is 0 Å². The summed E-state index contributed by atoms with van der Waals surface area (Å²) in [4.78, 5) is 26.7. The van der Waals surface area contributed by atoms with Crippen molar-refractivity contribution >= 4 is 28.9 Å². The molecular weight excluding hydrogens is 324 g/mol. The molecule has 0 N–H and O–H groups in total. The maximum atomic E-state index is 12.9. The van der Waals surface area contributed by atoms with Crippen LogP contribution in [0.4, 0.5) is 11.4 Å². The van der Waals surface area contributed by atoms with Crippen LogP contribution < -0.4 is 4.90 Å². The number of nitro groups is 1. The number of carbonyl (C=O) groups is 1. The van der Waals surface area contributed by atoms with Crippen molar-refractivity contribution in [3.63, 3.8) is 0 Å². The van der Waals surface area contributed by atoms with Crippen molar-refractivity contribution < 1.29 is 9.72 Å². The van der Waals surface area contributed by atoms with Gasteiger partial charge in [-0.1, -0.05) is 43.0 Å². The van der Waals surface area contributed by atoms with Crippen molar-refractivity contribution in [2.45, 2.75) is 24.1 Å². The Morgan fingerprint density at radius 3 is 2.75 bits per heavy atom. The zero-order valence-electron chi connectivity index (χ0n) is 13.5. The number of non-ortho nitro benzene ring substituents is 1. The third-order valence-corrected chi connectivity index (χ3v) is 5.76. The van der Waals surface area contributed by atoms with Crippen LogP contribution in [0, 0.1) is 16.0 Å². The number of ketones is 1. The molecule has 2 aromatic carbocycles. The fourth-order valence-electron chi connectivity index (χ4n) is 3.01. The van der Waals surface area contributed by atoms with E-state index < -0.39 is 4.92 Å². The maximum absolute atomic E-state index is 12.9. The van der Waals surface area contributed by atoms with Gasteiger partial charge in [-0.25, -0.2) is 0 Å². The lowest BCUT2D eigenvalue weighted by Crippen LogP contribution is -2.37. The number of benzene rings is 2. The zero-order chi connectivity index (χ0) is 17.3. The van der Waals surface area contributed by atoms with Crippen molar-refractivity contribution in [1.29, 1.82) is 0 Å². The van der Waals surface area contributed by atoms with Gasteiger partial charge in [0, 0.05) is 35.1 Å². The molecule has 5 nitrogen and oxygen atoms in total. The average Bonchev–Trinajstić information content (AvgIpc) is 2.99. The second-order valence-corrected chi connectivity index (χ2v) is 6.88. The normalized spacial score (nSPS) is 17.4. The number of carbonyl (C=O) groups excluding carboxylic acids is 1. The molecule has 2 atom stereocenters. The first kappa shape index (κ1) is 16.5. The standard InChI is InChI=1S/C18H18N2O3S/c1-3-19-15-9-4-5-10-16(15)24-18(19)12(2)17(21)13-7-6-8-14(11-13)20(22)23/h4-12,18H,3H2,1-2H3. The van der Waals surface area contributed by atoms with Crippen molar-refractivity contribution in [1.82, 2.24) is 0 Å². The van der Waals surface area contributed by atoms with E-state index in [0.717, 1.165) is 12.2 Å². The van der Waals surface area contributed by atoms with Gasteiger partial charge in [-0.15, -0.1) is 0 Å². The molecule has 2 aromatic rings. The lowest BCUT2D eigenvalue weighted by molar-refractivity contribution is -0.384. The van der Waals surface area contributed by atoms with E-state index in [1.165, 1.54) is 17.0 Å². The molecule has 6 heteroatoms. The third-order valence-electron chi connectivity index (χ3n) is 4.25. The predicted molar refractivity (Wildman–Crippen MR) is 95.7 cm³/mol. The molecule has 0 radical (unpaired) electrons. The molecule has 24 heavy (non-hydrogen) atoms. The summed E-state index contributed by atoms with van der Waals surface area (Å²) in [6.45, 7) is 4.77. The first-order valence-corrected chi connectivity index (χ1v) is 8.72. The van der Waals surface area contributed by atoms with Gasteiger partial charge in [0.1, 0.15) is 0 Å². The van der Waals surface area contributed by atoms with E-state index in [4.69, 9.17) is 0 Å². The smallest absolute Gasteiger partial charge is 0.270 e. The predicted octanol–water partition coefficient (Wildman–Crippen LogP) is 4.37. The molecule has 1 aliphatic heterocycles. The minimum Gasteiger partial charge on any atom is -0.358 e. The summed E-state index contributed by atoms with van der Waals surface area (Å²) in [6, 6.07) is 14.1. The van der Waals surface area contributed by atoms with Crippen LogP contribution in [-0.4, -0.2) is 22.6 Å². The molecule has 1 heterocycles. The molecular formula is C18H18N2O3S. The van der Waals surface area contributed by atoms with Gasteiger partial charge in [-0.3, -0.25) is 14.9 Å². The van der Waals surface area contributed by atoms with Crippen molar-refractivity contribution in [3.8, 4) is 0 Å². The average molecular weight is 342 g/mol. The number of hydrogen-bond acceptors (Lipinski definition) is 5. The number of nitro benzene ring substituents is 1. The molecule has 0 amide bonds. The molecule has 0 aromatic heterocycles. The Morgan fingerprint density at radius 1 is 1.29 bits per heavy atom. The van der Waals surface area contributed by atoms with Crippen LogP contribution in [0.15, 0.2) is 53.4 Å². The fraction of sp³-hybridized carbons (Fsp3) is 0.278. The summed E-state index contributed by atoms with van der Waals surface area (Å²) in [5, 5.41) is 10.9. The zero-order valence-corrected chi connectivity index (χ0v) is 14.3. The molecule has 0 aliphatic carbocycles. The van der Waals surface area contributed by atoms with Gasteiger partial charge in [-0.05, 0) is 19.1 Å². The molecule has 0 saturated heterocycles. The Bertz CT molecular complexity index is 793. The summed E-state index contributed by atoms with van der Waals surface area (Å²) in [5.74, 6) is -0.341. The Hall–Kier alpha value is -2.34. The van der Waals surface area contributed by atoms with E-state index in [0.29, 0.717) is 5.56 Å². The highest BCUT2D eigenvalue weighted by Gasteiger charge is 2.36. The Labute approximate surface area is 144 Å². The highest BCUT2D eigenvalue weighted by atomic mass is 32.2. The summed E-state index contributed by atoms with van der Waals surface area (Å²) < 4.78 is 0. The molecule has 2 unspecified atom stereocenters. The number of fused-ring (bicyclic) bond motifs is 1. The highest BCUT2D eigenvalue weighted by molar-refractivity contribution is 8.00. The second kappa shape index (κ2) is 6.65. The Morgan fingerprint density at radius 2 is 2.04 bits per heavy atom. The van der Waals surface area contributed by atoms with Gasteiger partial charge in [0.2, 0.25) is 0 Å². The van der Waals surface area contributed by atoms with E-state index in [2.05, 4.69) is 24.0 Å². The lowest BCUT2D eigenvalue weighted by Gasteiger charge is -2.29. The molecule has 124 valence electrons. The van der Waals surface area contributed by atoms with E-state index in [1.807, 2.05) is 19.1 Å². The molecule has 0 fully saturated rings. The highest BCUT2D eigenvalue weighted by Crippen LogP contribution is 2.46. The van der Waals surface area contributed by atoms with Crippen LogP contribution in [0.3, 0.4) is 0 Å². The Balaban J connectivity index is 1.87. The van der Waals surface area contributed by atoms with Crippen LogP contribution in [0.5, 0.6) is 0 Å². The van der Waals surface area contributed by atoms with Crippen molar-refractivity contribution in [2.24, 2.45) is 5.92 Å². The van der Waals surface area contributed by atoms with Crippen LogP contribution in [0.25, 0.3) is 0 Å². The molecule has 0 bridgehead atoms. The number of anilines is 1. The van der Waals surface area contributed by atoms with Crippen molar-refractivity contribution in [3.05, 3.63) is 64.2 Å². The SMILES string of the molecule is CCN1c2ccccc2SC1C(C)C(=O)c1cccc([N+](=O)[O-])c1. The third kappa shape index (κ3) is 2.89. The van der Waals surface area contributed by atoms with Crippen LogP contribution >= 0.6 is 11.8 Å². The molecule has 3 rings (SSSR count). The van der Waals surface area contributed by atoms with Gasteiger partial charge in [0.25, 0.3) is 5.69 Å². The fourth-order valence-corrected chi connectivity index (χ4v) is 4.45. The lowest BCUT2D eigenvalue weighted by atomic mass is 9.98. The maximum Gasteiger partial charge on any atom is 0.270 e. The van der Waals surface area contributed by atoms with Crippen molar-refractivity contribution in [2.75, 3.05) is 11.4 Å². The van der Waals surface area contributed by atoms with Gasteiger partial charge in [0.05, 0.1) is 16.0 Å². The second-order valence-electron chi connectivity index (χ2n) is 5.72. The minimum absolute atomic E-state index is 0.000776. The number of rotatable bonds is 5. The summed E-state index contributed by atoms with van der Waals surface area (Å²) in [6.07, 6.45) is 0. The number of thioether (sulfide) groups is 1. The number of hydrogen-bond donors (Lipinski definition) is 0. The van der Waals surface area contributed by atoms with Crippen LogP contribution in [0.2, 0.25) is 0 Å².